The Bertz CT molecular complexity index is 744. The number of hydrogen-bond donors (Lipinski definition) is 3. The number of fused-ring (bicyclic) bond motifs is 1. The molecule has 0 spiro atoms. The van der Waals surface area contributed by atoms with Crippen LogP contribution in [0.15, 0.2) is 30.3 Å². The maximum absolute atomic E-state index is 10.2. The van der Waals surface area contributed by atoms with E-state index < -0.39 is 0 Å². The van der Waals surface area contributed by atoms with Crippen molar-refractivity contribution in [2.24, 2.45) is 0 Å². The van der Waals surface area contributed by atoms with Gasteiger partial charge in [0, 0.05) is 18.4 Å². The van der Waals surface area contributed by atoms with Gasteiger partial charge >= 0.3 is 0 Å². The summed E-state index contributed by atoms with van der Waals surface area (Å²) in [6, 6.07) is 9.50. The van der Waals surface area contributed by atoms with Crippen molar-refractivity contribution in [1.82, 2.24) is 0 Å². The maximum Gasteiger partial charge on any atom is 0.160 e. The van der Waals surface area contributed by atoms with Crippen molar-refractivity contribution in [2.75, 3.05) is 27.8 Å². The quantitative estimate of drug-likeness (QED) is 0.794. The van der Waals surface area contributed by atoms with E-state index in [1.165, 1.54) is 10.5 Å². The number of benzene rings is 2. The van der Waals surface area contributed by atoms with Crippen LogP contribution in [0.3, 0.4) is 0 Å². The normalized spacial score (nSPS) is 19.6. The number of phenolic OH excluding ortho intramolecular Hbond substituents is 2. The largest absolute Gasteiger partial charge is 0.504 e. The summed E-state index contributed by atoms with van der Waals surface area (Å²) < 4.78 is 10.3. The van der Waals surface area contributed by atoms with Crippen LogP contribution in [0.4, 0.5) is 0 Å². The predicted octanol–water partition coefficient (Wildman–Crippen LogP) is 1.47. The number of phenols is 2. The molecule has 3 N–H and O–H groups in total. The van der Waals surface area contributed by atoms with Crippen molar-refractivity contribution in [3.05, 3.63) is 47.0 Å². The SMILES string of the molecule is COc1ccc(C[C@H]2c3cc(O)c(OC)cc3CC[NH+]2C)cc1O. The van der Waals surface area contributed by atoms with E-state index in [2.05, 4.69) is 7.05 Å². The third-order valence-electron chi connectivity index (χ3n) is 4.88. The van der Waals surface area contributed by atoms with Crippen LogP contribution in [0.2, 0.25) is 0 Å². The first kappa shape index (κ1) is 16.5. The first-order valence-corrected chi connectivity index (χ1v) is 8.11. The van der Waals surface area contributed by atoms with Gasteiger partial charge in [-0.25, -0.2) is 0 Å². The molecule has 3 rings (SSSR count). The Morgan fingerprint density at radius 2 is 1.75 bits per heavy atom. The summed E-state index contributed by atoms with van der Waals surface area (Å²) in [5.41, 5.74) is 3.41. The summed E-state index contributed by atoms with van der Waals surface area (Å²) in [7, 11) is 5.28. The van der Waals surface area contributed by atoms with Crippen LogP contribution in [0, 0.1) is 0 Å². The zero-order valence-electron chi connectivity index (χ0n) is 14.3. The molecule has 0 aliphatic carbocycles. The molecule has 0 amide bonds. The van der Waals surface area contributed by atoms with Gasteiger partial charge in [0.2, 0.25) is 0 Å². The molecule has 5 heteroatoms. The number of hydrogen-bond acceptors (Lipinski definition) is 4. The Balaban J connectivity index is 1.94. The molecule has 0 bridgehead atoms. The zero-order valence-corrected chi connectivity index (χ0v) is 14.3. The molecular formula is C19H24NO4+. The molecule has 1 unspecified atom stereocenters. The average molecular weight is 330 g/mol. The van der Waals surface area contributed by atoms with Crippen molar-refractivity contribution in [3.8, 4) is 23.0 Å². The van der Waals surface area contributed by atoms with Gasteiger partial charge in [0.05, 0.1) is 27.8 Å². The Morgan fingerprint density at radius 1 is 1.04 bits per heavy atom. The van der Waals surface area contributed by atoms with Crippen LogP contribution in [0.5, 0.6) is 23.0 Å². The summed E-state index contributed by atoms with van der Waals surface area (Å²) in [6.45, 7) is 1.02. The zero-order chi connectivity index (χ0) is 17.3. The van der Waals surface area contributed by atoms with Crippen molar-refractivity contribution in [2.45, 2.75) is 18.9 Å². The third kappa shape index (κ3) is 2.99. The van der Waals surface area contributed by atoms with Crippen molar-refractivity contribution >= 4 is 0 Å². The molecule has 5 nitrogen and oxygen atoms in total. The Kier molecular flexibility index (Phi) is 4.53. The highest BCUT2D eigenvalue weighted by Gasteiger charge is 2.30. The molecule has 0 fully saturated rings. The molecule has 1 heterocycles. The summed E-state index contributed by atoms with van der Waals surface area (Å²) in [6.07, 6.45) is 1.74. The van der Waals surface area contributed by atoms with Gasteiger partial charge in [0.1, 0.15) is 6.04 Å². The van der Waals surface area contributed by atoms with Crippen molar-refractivity contribution in [3.63, 3.8) is 0 Å². The van der Waals surface area contributed by atoms with Gasteiger partial charge in [-0.2, -0.15) is 0 Å². The first-order valence-electron chi connectivity index (χ1n) is 8.11. The second-order valence-corrected chi connectivity index (χ2v) is 6.33. The lowest BCUT2D eigenvalue weighted by atomic mass is 9.88. The average Bonchev–Trinajstić information content (AvgIpc) is 2.57. The standard InChI is InChI=1S/C19H23NO4/c1-20-7-6-13-10-19(24-3)17(22)11-14(13)15(20)8-12-4-5-18(23-2)16(21)9-12/h4-5,9-11,15,21-22H,6-8H2,1-3H3/p+1/t15-/m0/s1. The highest BCUT2D eigenvalue weighted by atomic mass is 16.5. The van der Waals surface area contributed by atoms with E-state index in [1.54, 1.807) is 26.4 Å². The van der Waals surface area contributed by atoms with E-state index in [9.17, 15) is 10.2 Å². The highest BCUT2D eigenvalue weighted by Crippen LogP contribution is 2.35. The van der Waals surface area contributed by atoms with Crippen LogP contribution in [0.25, 0.3) is 0 Å². The molecule has 0 saturated carbocycles. The van der Waals surface area contributed by atoms with Gasteiger partial charge in [0.25, 0.3) is 0 Å². The summed E-state index contributed by atoms with van der Waals surface area (Å²) >= 11 is 0. The molecule has 24 heavy (non-hydrogen) atoms. The molecule has 1 aliphatic rings. The lowest BCUT2D eigenvalue weighted by Crippen LogP contribution is -3.10. The van der Waals surface area contributed by atoms with Gasteiger partial charge in [-0.05, 0) is 35.4 Å². The molecule has 2 aromatic carbocycles. The van der Waals surface area contributed by atoms with E-state index in [-0.39, 0.29) is 17.5 Å². The summed E-state index contributed by atoms with van der Waals surface area (Å²) in [4.78, 5) is 1.39. The van der Waals surface area contributed by atoms with E-state index in [0.717, 1.165) is 30.5 Å². The predicted molar refractivity (Wildman–Crippen MR) is 91.2 cm³/mol. The molecule has 2 aromatic rings. The third-order valence-corrected chi connectivity index (χ3v) is 4.88. The molecule has 1 aliphatic heterocycles. The van der Waals surface area contributed by atoms with Crippen LogP contribution in [-0.2, 0) is 12.8 Å². The minimum atomic E-state index is 0.154. The lowest BCUT2D eigenvalue weighted by Gasteiger charge is -2.32. The van der Waals surface area contributed by atoms with Crippen molar-refractivity contribution in [1.29, 1.82) is 0 Å². The maximum atomic E-state index is 10.2. The van der Waals surface area contributed by atoms with Gasteiger partial charge in [-0.3, -0.25) is 0 Å². The second-order valence-electron chi connectivity index (χ2n) is 6.33. The summed E-state index contributed by atoms with van der Waals surface area (Å²) in [5, 5.41) is 20.2. The van der Waals surface area contributed by atoms with Gasteiger partial charge in [0.15, 0.2) is 23.0 Å². The highest BCUT2D eigenvalue weighted by molar-refractivity contribution is 5.48. The second kappa shape index (κ2) is 6.61. The number of nitrogens with one attached hydrogen (secondary N) is 1. The first-order chi connectivity index (χ1) is 11.5. The fraction of sp³-hybridized carbons (Fsp3) is 0.368. The van der Waals surface area contributed by atoms with Crippen LogP contribution < -0.4 is 14.4 Å². The Labute approximate surface area is 142 Å². The fourth-order valence-corrected chi connectivity index (χ4v) is 3.48. The lowest BCUT2D eigenvalue weighted by molar-refractivity contribution is -0.914. The van der Waals surface area contributed by atoms with Gasteiger partial charge < -0.3 is 24.6 Å². The van der Waals surface area contributed by atoms with Gasteiger partial charge in [-0.1, -0.05) is 6.07 Å². The molecule has 128 valence electrons. The van der Waals surface area contributed by atoms with E-state index in [1.807, 2.05) is 18.2 Å². The minimum Gasteiger partial charge on any atom is -0.504 e. The molecule has 2 atom stereocenters. The monoisotopic (exact) mass is 330 g/mol. The topological polar surface area (TPSA) is 63.4 Å². The molecule has 0 aromatic heterocycles. The minimum absolute atomic E-state index is 0.154. The number of rotatable bonds is 4. The van der Waals surface area contributed by atoms with Gasteiger partial charge in [-0.15, -0.1) is 0 Å². The number of likely N-dealkylation sites (N-methyl/N-ethyl adjacent to an activating group) is 1. The van der Waals surface area contributed by atoms with E-state index in [4.69, 9.17) is 9.47 Å². The number of methoxy groups -OCH3 is 2. The molecular weight excluding hydrogens is 306 g/mol. The number of quaternary nitrogens is 1. The van der Waals surface area contributed by atoms with Crippen molar-refractivity contribution < 1.29 is 24.6 Å². The van der Waals surface area contributed by atoms with Crippen LogP contribution >= 0.6 is 0 Å². The molecule has 0 saturated heterocycles. The smallest absolute Gasteiger partial charge is 0.160 e. The number of aromatic hydroxyl groups is 2. The Hall–Kier alpha value is -2.40. The van der Waals surface area contributed by atoms with Crippen LogP contribution in [-0.4, -0.2) is 38.0 Å². The molecule has 0 radical (unpaired) electrons. The Morgan fingerprint density at radius 3 is 2.42 bits per heavy atom. The number of ether oxygens (including phenoxy) is 2. The fourth-order valence-electron chi connectivity index (χ4n) is 3.48. The van der Waals surface area contributed by atoms with E-state index >= 15 is 0 Å². The summed E-state index contributed by atoms with van der Waals surface area (Å²) in [5.74, 6) is 1.33. The van der Waals surface area contributed by atoms with Crippen LogP contribution in [0.1, 0.15) is 22.7 Å². The van der Waals surface area contributed by atoms with E-state index in [0.29, 0.717) is 11.5 Å².